The third-order valence-corrected chi connectivity index (χ3v) is 3.10. The Morgan fingerprint density at radius 2 is 2.24 bits per heavy atom. The second kappa shape index (κ2) is 4.29. The highest BCUT2D eigenvalue weighted by atomic mass is 19.1. The van der Waals surface area contributed by atoms with Crippen molar-refractivity contribution >= 4 is 11.4 Å². The summed E-state index contributed by atoms with van der Waals surface area (Å²) in [6, 6.07) is 3.41. The van der Waals surface area contributed by atoms with E-state index < -0.39 is 10.7 Å². The molecule has 6 heteroatoms. The average Bonchev–Trinajstić information content (AvgIpc) is 3.08. The van der Waals surface area contributed by atoms with Crippen molar-refractivity contribution in [1.29, 1.82) is 0 Å². The monoisotopic (exact) mass is 240 g/mol. The Balaban J connectivity index is 2.12. The standard InChI is InChI=1S/C11H13FN2O3/c12-8-1-2-9(10(5-8)14(16)17)13-6-11(7-15)3-4-11/h1-2,5,13,15H,3-4,6-7H2. The maximum Gasteiger partial charge on any atom is 0.295 e. The quantitative estimate of drug-likeness (QED) is 0.609. The van der Waals surface area contributed by atoms with Crippen molar-refractivity contribution < 1.29 is 14.4 Å². The van der Waals surface area contributed by atoms with Gasteiger partial charge in [0.05, 0.1) is 17.6 Å². The molecule has 2 N–H and O–H groups in total. The number of aliphatic hydroxyl groups is 1. The second-order valence-electron chi connectivity index (χ2n) is 4.43. The topological polar surface area (TPSA) is 75.4 Å². The van der Waals surface area contributed by atoms with Gasteiger partial charge in [0, 0.05) is 12.0 Å². The first kappa shape index (κ1) is 11.8. The van der Waals surface area contributed by atoms with Crippen molar-refractivity contribution in [3.8, 4) is 0 Å². The summed E-state index contributed by atoms with van der Waals surface area (Å²) >= 11 is 0. The minimum Gasteiger partial charge on any atom is -0.396 e. The van der Waals surface area contributed by atoms with Crippen LogP contribution >= 0.6 is 0 Å². The fourth-order valence-electron chi connectivity index (χ4n) is 1.66. The van der Waals surface area contributed by atoms with Crippen LogP contribution in [-0.2, 0) is 0 Å². The summed E-state index contributed by atoms with van der Waals surface area (Å²) in [4.78, 5) is 10.1. The van der Waals surface area contributed by atoms with Crippen molar-refractivity contribution in [2.75, 3.05) is 18.5 Å². The summed E-state index contributed by atoms with van der Waals surface area (Å²) in [6.45, 7) is 0.533. The highest BCUT2D eigenvalue weighted by Gasteiger charge is 2.41. The number of nitrogens with one attached hydrogen (secondary N) is 1. The number of halogens is 1. The molecule has 0 saturated heterocycles. The fraction of sp³-hybridized carbons (Fsp3) is 0.455. The van der Waals surface area contributed by atoms with Crippen LogP contribution in [0, 0.1) is 21.3 Å². The maximum absolute atomic E-state index is 12.9. The Bertz CT molecular complexity index is 446. The molecule has 0 atom stereocenters. The van der Waals surface area contributed by atoms with E-state index in [1.54, 1.807) is 0 Å². The van der Waals surface area contributed by atoms with Gasteiger partial charge in [-0.3, -0.25) is 10.1 Å². The lowest BCUT2D eigenvalue weighted by Crippen LogP contribution is -2.19. The van der Waals surface area contributed by atoms with E-state index in [1.807, 2.05) is 0 Å². The van der Waals surface area contributed by atoms with E-state index >= 15 is 0 Å². The Morgan fingerprint density at radius 3 is 2.76 bits per heavy atom. The van der Waals surface area contributed by atoms with E-state index in [9.17, 15) is 14.5 Å². The largest absolute Gasteiger partial charge is 0.396 e. The Hall–Kier alpha value is -1.69. The molecule has 1 aromatic rings. The Kier molecular flexibility index (Phi) is 2.97. The number of hydrogen-bond donors (Lipinski definition) is 2. The maximum atomic E-state index is 12.9. The molecule has 0 spiro atoms. The van der Waals surface area contributed by atoms with Gasteiger partial charge in [0.2, 0.25) is 0 Å². The predicted octanol–water partition coefficient (Wildman–Crippen LogP) is 1.92. The van der Waals surface area contributed by atoms with Gasteiger partial charge >= 0.3 is 0 Å². The van der Waals surface area contributed by atoms with Gasteiger partial charge in [0.25, 0.3) is 5.69 Å². The normalized spacial score (nSPS) is 16.6. The number of hydrogen-bond acceptors (Lipinski definition) is 4. The number of anilines is 1. The van der Waals surface area contributed by atoms with Crippen LogP contribution in [0.2, 0.25) is 0 Å². The van der Waals surface area contributed by atoms with Crippen molar-refractivity contribution in [2.45, 2.75) is 12.8 Å². The van der Waals surface area contributed by atoms with Crippen LogP contribution in [0.5, 0.6) is 0 Å². The molecule has 1 aliphatic carbocycles. The van der Waals surface area contributed by atoms with Gasteiger partial charge in [-0.25, -0.2) is 4.39 Å². The summed E-state index contributed by atoms with van der Waals surface area (Å²) in [6.07, 6.45) is 1.82. The zero-order valence-electron chi connectivity index (χ0n) is 9.15. The minimum atomic E-state index is -0.634. The van der Waals surface area contributed by atoms with Crippen LogP contribution in [0.1, 0.15) is 12.8 Å². The molecule has 17 heavy (non-hydrogen) atoms. The van der Waals surface area contributed by atoms with Crippen molar-refractivity contribution in [3.05, 3.63) is 34.1 Å². The number of nitro groups is 1. The number of nitrogens with zero attached hydrogens (tertiary/aromatic N) is 1. The molecule has 0 radical (unpaired) electrons. The molecule has 0 bridgehead atoms. The van der Waals surface area contributed by atoms with E-state index in [4.69, 9.17) is 5.11 Å². The van der Waals surface area contributed by atoms with Gasteiger partial charge in [0.1, 0.15) is 11.5 Å². The lowest BCUT2D eigenvalue weighted by atomic mass is 10.1. The van der Waals surface area contributed by atoms with E-state index in [2.05, 4.69) is 5.32 Å². The number of rotatable bonds is 5. The smallest absolute Gasteiger partial charge is 0.295 e. The SMILES string of the molecule is O=[N+]([O-])c1cc(F)ccc1NCC1(CO)CC1. The van der Waals surface area contributed by atoms with E-state index in [-0.39, 0.29) is 23.4 Å². The van der Waals surface area contributed by atoms with E-state index in [0.29, 0.717) is 6.54 Å². The molecule has 5 nitrogen and oxygen atoms in total. The number of benzene rings is 1. The van der Waals surface area contributed by atoms with Gasteiger partial charge in [-0.1, -0.05) is 0 Å². The van der Waals surface area contributed by atoms with Gasteiger partial charge in [-0.15, -0.1) is 0 Å². The molecular formula is C11H13FN2O3. The molecule has 0 aromatic heterocycles. The van der Waals surface area contributed by atoms with Gasteiger partial charge in [0.15, 0.2) is 0 Å². The summed E-state index contributed by atoms with van der Waals surface area (Å²) in [5, 5.41) is 22.8. The zero-order chi connectivity index (χ0) is 12.5. The van der Waals surface area contributed by atoms with Crippen LogP contribution in [0.3, 0.4) is 0 Å². The third-order valence-electron chi connectivity index (χ3n) is 3.10. The highest BCUT2D eigenvalue weighted by molar-refractivity contribution is 5.61. The highest BCUT2D eigenvalue weighted by Crippen LogP contribution is 2.45. The van der Waals surface area contributed by atoms with E-state index in [1.165, 1.54) is 12.1 Å². The third kappa shape index (κ3) is 2.52. The van der Waals surface area contributed by atoms with E-state index in [0.717, 1.165) is 18.9 Å². The minimum absolute atomic E-state index is 0.0645. The zero-order valence-corrected chi connectivity index (χ0v) is 9.15. The Morgan fingerprint density at radius 1 is 1.53 bits per heavy atom. The van der Waals surface area contributed by atoms with Gasteiger partial charge in [-0.2, -0.15) is 0 Å². The van der Waals surface area contributed by atoms with Gasteiger partial charge in [-0.05, 0) is 25.0 Å². The van der Waals surface area contributed by atoms with Crippen molar-refractivity contribution in [3.63, 3.8) is 0 Å². The molecule has 0 aliphatic heterocycles. The summed E-state index contributed by atoms with van der Waals surface area (Å²) in [7, 11) is 0. The van der Waals surface area contributed by atoms with Crippen molar-refractivity contribution in [2.24, 2.45) is 5.41 Å². The summed E-state index contributed by atoms with van der Waals surface area (Å²) in [5.74, 6) is -0.634. The summed E-state index contributed by atoms with van der Waals surface area (Å²) < 4.78 is 12.9. The predicted molar refractivity (Wildman–Crippen MR) is 60.3 cm³/mol. The number of nitro benzene ring substituents is 1. The molecule has 0 amide bonds. The molecule has 1 saturated carbocycles. The first-order chi connectivity index (χ1) is 8.06. The first-order valence-electron chi connectivity index (χ1n) is 5.35. The van der Waals surface area contributed by atoms with Crippen LogP contribution in [0.4, 0.5) is 15.8 Å². The van der Waals surface area contributed by atoms with Crippen LogP contribution < -0.4 is 5.32 Å². The number of aliphatic hydroxyl groups excluding tert-OH is 1. The Labute approximate surface area is 97.4 Å². The van der Waals surface area contributed by atoms with Gasteiger partial charge < -0.3 is 10.4 Å². The van der Waals surface area contributed by atoms with Crippen LogP contribution in [0.15, 0.2) is 18.2 Å². The molecule has 0 unspecified atom stereocenters. The lowest BCUT2D eigenvalue weighted by molar-refractivity contribution is -0.384. The summed E-state index contributed by atoms with van der Waals surface area (Å²) in [5.41, 5.74) is -0.141. The van der Waals surface area contributed by atoms with Crippen LogP contribution in [0.25, 0.3) is 0 Å². The molecule has 0 heterocycles. The molecule has 2 rings (SSSR count). The van der Waals surface area contributed by atoms with Crippen LogP contribution in [-0.4, -0.2) is 23.2 Å². The average molecular weight is 240 g/mol. The first-order valence-corrected chi connectivity index (χ1v) is 5.35. The lowest BCUT2D eigenvalue weighted by Gasteiger charge is -2.13. The molecular weight excluding hydrogens is 227 g/mol. The molecule has 1 aromatic carbocycles. The molecule has 1 fully saturated rings. The molecule has 92 valence electrons. The second-order valence-corrected chi connectivity index (χ2v) is 4.43. The molecule has 1 aliphatic rings. The van der Waals surface area contributed by atoms with Crippen molar-refractivity contribution in [1.82, 2.24) is 0 Å². The fourth-order valence-corrected chi connectivity index (χ4v) is 1.66.